The summed E-state index contributed by atoms with van der Waals surface area (Å²) < 4.78 is 0. The second-order valence-corrected chi connectivity index (χ2v) is 4.50. The third kappa shape index (κ3) is 2.52. The Morgan fingerprint density at radius 2 is 2.25 bits per heavy atom. The molecule has 5 heteroatoms. The average Bonchev–Trinajstić information content (AvgIpc) is 2.76. The highest BCUT2D eigenvalue weighted by atomic mass is 32.1. The van der Waals surface area contributed by atoms with Crippen molar-refractivity contribution in [2.45, 2.75) is 37.9 Å². The molecule has 2 heterocycles. The summed E-state index contributed by atoms with van der Waals surface area (Å²) in [6.45, 7) is 2.19. The Morgan fingerprint density at radius 1 is 1.38 bits per heavy atom. The SMILES string of the molecule is CCCCCC(S)c1ncc2[nH]cnc2n1. The molecule has 0 bridgehead atoms. The summed E-state index contributed by atoms with van der Waals surface area (Å²) in [7, 11) is 0. The van der Waals surface area contributed by atoms with Gasteiger partial charge in [-0.2, -0.15) is 12.6 Å². The van der Waals surface area contributed by atoms with Gasteiger partial charge in [0.05, 0.1) is 17.8 Å². The van der Waals surface area contributed by atoms with Gasteiger partial charge in [-0.05, 0) is 6.42 Å². The fourth-order valence-electron chi connectivity index (χ4n) is 1.63. The molecule has 2 aromatic heterocycles. The Balaban J connectivity index is 2.07. The van der Waals surface area contributed by atoms with Crippen LogP contribution in [0.2, 0.25) is 0 Å². The van der Waals surface area contributed by atoms with Crippen molar-refractivity contribution < 1.29 is 0 Å². The summed E-state index contributed by atoms with van der Waals surface area (Å²) in [4.78, 5) is 15.8. The predicted octanol–water partition coefficient (Wildman–Crippen LogP) is 2.90. The minimum Gasteiger partial charge on any atom is -0.342 e. The molecule has 2 aromatic rings. The van der Waals surface area contributed by atoms with E-state index in [0.29, 0.717) is 0 Å². The van der Waals surface area contributed by atoms with E-state index in [1.54, 1.807) is 12.5 Å². The zero-order valence-electron chi connectivity index (χ0n) is 9.35. The van der Waals surface area contributed by atoms with Crippen molar-refractivity contribution in [2.24, 2.45) is 0 Å². The van der Waals surface area contributed by atoms with Gasteiger partial charge in [-0.1, -0.05) is 26.2 Å². The van der Waals surface area contributed by atoms with Gasteiger partial charge >= 0.3 is 0 Å². The van der Waals surface area contributed by atoms with Gasteiger partial charge in [0.25, 0.3) is 0 Å². The normalized spacial score (nSPS) is 13.1. The Morgan fingerprint density at radius 3 is 3.06 bits per heavy atom. The number of unbranched alkanes of at least 4 members (excludes halogenated alkanes) is 2. The van der Waals surface area contributed by atoms with Crippen LogP contribution in [0.1, 0.15) is 43.7 Å². The van der Waals surface area contributed by atoms with Crippen molar-refractivity contribution in [3.63, 3.8) is 0 Å². The number of fused-ring (bicyclic) bond motifs is 1. The fraction of sp³-hybridized carbons (Fsp3) is 0.545. The van der Waals surface area contributed by atoms with E-state index in [2.05, 4.69) is 39.5 Å². The lowest BCUT2D eigenvalue weighted by atomic mass is 10.1. The summed E-state index contributed by atoms with van der Waals surface area (Å²) in [5.74, 6) is 0.777. The summed E-state index contributed by atoms with van der Waals surface area (Å²) in [6.07, 6.45) is 8.06. The molecule has 1 N–H and O–H groups in total. The minimum atomic E-state index is 0.118. The smallest absolute Gasteiger partial charge is 0.180 e. The first-order chi connectivity index (χ1) is 7.81. The topological polar surface area (TPSA) is 54.5 Å². The van der Waals surface area contributed by atoms with Crippen LogP contribution in [0.25, 0.3) is 11.2 Å². The van der Waals surface area contributed by atoms with Crippen molar-refractivity contribution >= 4 is 23.8 Å². The Bertz CT molecular complexity index is 454. The third-order valence-corrected chi connectivity index (χ3v) is 3.06. The van der Waals surface area contributed by atoms with E-state index in [1.807, 2.05) is 0 Å². The standard InChI is InChI=1S/C11H16N4S/c1-2-3-4-5-9(16)11-12-6-8-10(15-11)14-7-13-8/h6-7,9,16H,2-5H2,1H3,(H,12,13,14,15). The first kappa shape index (κ1) is 11.4. The molecule has 0 spiro atoms. The summed E-state index contributed by atoms with van der Waals surface area (Å²) in [6, 6.07) is 0. The van der Waals surface area contributed by atoms with E-state index in [9.17, 15) is 0 Å². The van der Waals surface area contributed by atoms with Crippen LogP contribution in [0.4, 0.5) is 0 Å². The van der Waals surface area contributed by atoms with Crippen molar-refractivity contribution in [3.05, 3.63) is 18.3 Å². The molecule has 16 heavy (non-hydrogen) atoms. The van der Waals surface area contributed by atoms with Crippen molar-refractivity contribution in [3.8, 4) is 0 Å². The molecule has 0 radical (unpaired) electrons. The number of rotatable bonds is 5. The van der Waals surface area contributed by atoms with E-state index in [0.717, 1.165) is 23.4 Å². The van der Waals surface area contributed by atoms with E-state index in [-0.39, 0.29) is 5.25 Å². The molecule has 86 valence electrons. The van der Waals surface area contributed by atoms with Crippen LogP contribution in [0.3, 0.4) is 0 Å². The molecule has 0 saturated heterocycles. The lowest BCUT2D eigenvalue weighted by Crippen LogP contribution is -1.99. The van der Waals surface area contributed by atoms with Crippen molar-refractivity contribution in [1.29, 1.82) is 0 Å². The van der Waals surface area contributed by atoms with Crippen LogP contribution in [0.15, 0.2) is 12.5 Å². The molecule has 1 atom stereocenters. The number of aromatic amines is 1. The predicted molar refractivity (Wildman–Crippen MR) is 67.6 cm³/mol. The maximum atomic E-state index is 4.54. The van der Waals surface area contributed by atoms with Crippen LogP contribution >= 0.6 is 12.6 Å². The number of imidazole rings is 1. The quantitative estimate of drug-likeness (QED) is 0.620. The number of hydrogen-bond acceptors (Lipinski definition) is 4. The van der Waals surface area contributed by atoms with E-state index < -0.39 is 0 Å². The Kier molecular flexibility index (Phi) is 3.77. The van der Waals surface area contributed by atoms with Crippen LogP contribution in [0.5, 0.6) is 0 Å². The van der Waals surface area contributed by atoms with Gasteiger partial charge in [0.1, 0.15) is 11.3 Å². The number of H-pyrrole nitrogens is 1. The molecule has 4 nitrogen and oxygen atoms in total. The highest BCUT2D eigenvalue weighted by molar-refractivity contribution is 7.80. The van der Waals surface area contributed by atoms with Crippen molar-refractivity contribution in [1.82, 2.24) is 19.9 Å². The summed E-state index contributed by atoms with van der Waals surface area (Å²) in [5, 5.41) is 0.118. The van der Waals surface area contributed by atoms with Gasteiger partial charge in [-0.3, -0.25) is 0 Å². The highest BCUT2D eigenvalue weighted by Gasteiger charge is 2.10. The molecule has 0 aliphatic rings. The number of hydrogen-bond donors (Lipinski definition) is 2. The minimum absolute atomic E-state index is 0.118. The zero-order chi connectivity index (χ0) is 11.4. The number of nitrogens with one attached hydrogen (secondary N) is 1. The van der Waals surface area contributed by atoms with Crippen LogP contribution in [0, 0.1) is 0 Å². The molecule has 0 fully saturated rings. The number of aromatic nitrogens is 4. The van der Waals surface area contributed by atoms with Gasteiger partial charge in [0, 0.05) is 0 Å². The summed E-state index contributed by atoms with van der Waals surface area (Å²) in [5.41, 5.74) is 1.59. The average molecular weight is 236 g/mol. The highest BCUT2D eigenvalue weighted by Crippen LogP contribution is 2.23. The van der Waals surface area contributed by atoms with Gasteiger partial charge in [-0.15, -0.1) is 0 Å². The Hall–Kier alpha value is -1.10. The molecule has 0 aromatic carbocycles. The Labute approximate surface area is 100 Å². The van der Waals surface area contributed by atoms with Gasteiger partial charge in [-0.25, -0.2) is 15.0 Å². The molecule has 1 unspecified atom stereocenters. The second kappa shape index (κ2) is 5.30. The first-order valence-corrected chi connectivity index (χ1v) is 6.17. The van der Waals surface area contributed by atoms with Crippen LogP contribution in [-0.4, -0.2) is 19.9 Å². The van der Waals surface area contributed by atoms with Crippen LogP contribution in [-0.2, 0) is 0 Å². The molecule has 0 saturated carbocycles. The largest absolute Gasteiger partial charge is 0.342 e. The van der Waals surface area contributed by atoms with Crippen molar-refractivity contribution in [2.75, 3.05) is 0 Å². The number of thiol groups is 1. The van der Waals surface area contributed by atoms with E-state index in [1.165, 1.54) is 19.3 Å². The number of nitrogens with zero attached hydrogens (tertiary/aromatic N) is 3. The molecule has 0 aliphatic heterocycles. The molecular formula is C11H16N4S. The maximum absolute atomic E-state index is 4.54. The van der Waals surface area contributed by atoms with Crippen LogP contribution < -0.4 is 0 Å². The zero-order valence-corrected chi connectivity index (χ0v) is 10.2. The molecular weight excluding hydrogens is 220 g/mol. The monoisotopic (exact) mass is 236 g/mol. The molecule has 0 aliphatic carbocycles. The van der Waals surface area contributed by atoms with Gasteiger partial charge < -0.3 is 4.98 Å². The molecule has 2 rings (SSSR count). The summed E-state index contributed by atoms with van der Waals surface area (Å²) >= 11 is 4.54. The first-order valence-electron chi connectivity index (χ1n) is 5.65. The van der Waals surface area contributed by atoms with Gasteiger partial charge in [0.2, 0.25) is 0 Å². The maximum Gasteiger partial charge on any atom is 0.180 e. The molecule has 0 amide bonds. The fourth-order valence-corrected chi connectivity index (χ4v) is 1.93. The van der Waals surface area contributed by atoms with Gasteiger partial charge in [0.15, 0.2) is 5.65 Å². The lowest BCUT2D eigenvalue weighted by molar-refractivity contribution is 0.647. The second-order valence-electron chi connectivity index (χ2n) is 3.88. The van der Waals surface area contributed by atoms with E-state index >= 15 is 0 Å². The third-order valence-electron chi connectivity index (χ3n) is 2.57. The van der Waals surface area contributed by atoms with E-state index in [4.69, 9.17) is 0 Å². The lowest BCUT2D eigenvalue weighted by Gasteiger charge is -2.07.